The number of nitrogens with zero attached hydrogens (tertiary/aromatic N) is 1. The predicted octanol–water partition coefficient (Wildman–Crippen LogP) is 3.43. The van der Waals surface area contributed by atoms with Crippen LogP contribution in [0.25, 0.3) is 10.8 Å². The molecule has 112 valence electrons. The quantitative estimate of drug-likeness (QED) is 0.630. The number of carbonyl (C=O) groups excluding carboxylic acids is 1. The van der Waals surface area contributed by atoms with Gasteiger partial charge in [0, 0.05) is 25.1 Å². The van der Waals surface area contributed by atoms with Crippen molar-refractivity contribution >= 4 is 28.3 Å². The third kappa shape index (κ3) is 4.41. The monoisotopic (exact) mass is 306 g/mol. The van der Waals surface area contributed by atoms with Gasteiger partial charge in [-0.05, 0) is 24.3 Å². The van der Waals surface area contributed by atoms with E-state index in [4.69, 9.17) is 16.3 Å². The molecule has 0 saturated heterocycles. The van der Waals surface area contributed by atoms with E-state index in [9.17, 15) is 4.79 Å². The zero-order valence-electron chi connectivity index (χ0n) is 12.1. The van der Waals surface area contributed by atoms with Gasteiger partial charge in [-0.3, -0.25) is 4.79 Å². The predicted molar refractivity (Wildman–Crippen MR) is 84.8 cm³/mol. The van der Waals surface area contributed by atoms with Crippen LogP contribution >= 0.6 is 11.6 Å². The van der Waals surface area contributed by atoms with E-state index in [0.717, 1.165) is 30.2 Å². The number of rotatable bonds is 7. The second-order valence-electron chi connectivity index (χ2n) is 4.74. The van der Waals surface area contributed by atoms with E-state index in [-0.39, 0.29) is 5.91 Å². The maximum Gasteiger partial charge on any atom is 0.269 e. The van der Waals surface area contributed by atoms with Crippen LogP contribution in [0.1, 0.15) is 30.3 Å². The second-order valence-corrected chi connectivity index (χ2v) is 5.10. The number of aromatic nitrogens is 1. The maximum absolute atomic E-state index is 12.1. The minimum absolute atomic E-state index is 0.210. The van der Waals surface area contributed by atoms with Crippen LogP contribution in [0.5, 0.6) is 0 Å². The Kier molecular flexibility index (Phi) is 5.96. The molecule has 0 bridgehead atoms. The van der Waals surface area contributed by atoms with Gasteiger partial charge in [0.15, 0.2) is 0 Å². The Morgan fingerprint density at radius 1 is 1.33 bits per heavy atom. The molecule has 0 aliphatic heterocycles. The Bertz CT molecular complexity index is 616. The molecular weight excluding hydrogens is 288 g/mol. The highest BCUT2D eigenvalue weighted by molar-refractivity contribution is 6.34. The van der Waals surface area contributed by atoms with Gasteiger partial charge in [-0.15, -0.1) is 0 Å². The number of hydrogen-bond donors (Lipinski definition) is 1. The highest BCUT2D eigenvalue weighted by Crippen LogP contribution is 2.22. The van der Waals surface area contributed by atoms with Gasteiger partial charge < -0.3 is 10.1 Å². The molecule has 0 atom stereocenters. The van der Waals surface area contributed by atoms with Crippen LogP contribution in [0.2, 0.25) is 5.15 Å². The Labute approximate surface area is 129 Å². The first kappa shape index (κ1) is 15.7. The van der Waals surface area contributed by atoms with Gasteiger partial charge >= 0.3 is 0 Å². The Balaban J connectivity index is 1.93. The number of hydrogen-bond acceptors (Lipinski definition) is 3. The highest BCUT2D eigenvalue weighted by Gasteiger charge is 2.10. The van der Waals surface area contributed by atoms with Crippen molar-refractivity contribution in [3.63, 3.8) is 0 Å². The average Bonchev–Trinajstić information content (AvgIpc) is 2.50. The van der Waals surface area contributed by atoms with Crippen molar-refractivity contribution in [2.45, 2.75) is 19.8 Å². The summed E-state index contributed by atoms with van der Waals surface area (Å²) in [6.45, 7) is 4.04. The van der Waals surface area contributed by atoms with Gasteiger partial charge in [-0.1, -0.05) is 42.8 Å². The van der Waals surface area contributed by atoms with Gasteiger partial charge in [0.05, 0.1) is 0 Å². The zero-order chi connectivity index (χ0) is 15.1. The first-order valence-electron chi connectivity index (χ1n) is 7.13. The van der Waals surface area contributed by atoms with Crippen LogP contribution < -0.4 is 5.32 Å². The summed E-state index contributed by atoms with van der Waals surface area (Å²) >= 11 is 6.11. The van der Waals surface area contributed by atoms with Crippen LogP contribution in [0.3, 0.4) is 0 Å². The molecule has 0 spiro atoms. The smallest absolute Gasteiger partial charge is 0.269 e. The summed E-state index contributed by atoms with van der Waals surface area (Å²) in [7, 11) is 0. The van der Waals surface area contributed by atoms with E-state index < -0.39 is 0 Å². The lowest BCUT2D eigenvalue weighted by Gasteiger charge is -2.07. The lowest BCUT2D eigenvalue weighted by Crippen LogP contribution is -2.26. The van der Waals surface area contributed by atoms with Gasteiger partial charge in [0.25, 0.3) is 5.91 Å². The number of benzene rings is 1. The van der Waals surface area contributed by atoms with Gasteiger partial charge in [-0.2, -0.15) is 0 Å². The number of nitrogens with one attached hydrogen (secondary N) is 1. The molecule has 0 unspecified atom stereocenters. The summed E-state index contributed by atoms with van der Waals surface area (Å²) in [5.41, 5.74) is 0.341. The molecule has 1 aromatic heterocycles. The van der Waals surface area contributed by atoms with E-state index >= 15 is 0 Å². The summed E-state index contributed by atoms with van der Waals surface area (Å²) in [5.74, 6) is -0.210. The van der Waals surface area contributed by atoms with Gasteiger partial charge in [0.1, 0.15) is 10.8 Å². The molecule has 0 aliphatic carbocycles. The minimum Gasteiger partial charge on any atom is -0.381 e. The molecule has 21 heavy (non-hydrogen) atoms. The van der Waals surface area contributed by atoms with Crippen LogP contribution in [-0.4, -0.2) is 30.6 Å². The highest BCUT2D eigenvalue weighted by atomic mass is 35.5. The standard InChI is InChI=1S/C16H19ClN2O2/c1-2-9-21-10-5-8-18-16(20)14-11-12-6-3-4-7-13(12)15(17)19-14/h3-4,6-7,11H,2,5,8-10H2,1H3,(H,18,20). The number of fused-ring (bicyclic) bond motifs is 1. The molecule has 1 N–H and O–H groups in total. The number of ether oxygens (including phenoxy) is 1. The first-order chi connectivity index (χ1) is 10.2. The van der Waals surface area contributed by atoms with Crippen molar-refractivity contribution in [2.24, 2.45) is 0 Å². The normalized spacial score (nSPS) is 10.8. The number of amides is 1. The van der Waals surface area contributed by atoms with Crippen LogP contribution in [0.4, 0.5) is 0 Å². The summed E-state index contributed by atoms with van der Waals surface area (Å²) in [6.07, 6.45) is 1.79. The zero-order valence-corrected chi connectivity index (χ0v) is 12.8. The first-order valence-corrected chi connectivity index (χ1v) is 7.51. The molecule has 1 amide bonds. The van der Waals surface area contributed by atoms with Crippen LogP contribution in [0.15, 0.2) is 30.3 Å². The Hall–Kier alpha value is -1.65. The maximum atomic E-state index is 12.1. The fourth-order valence-corrected chi connectivity index (χ4v) is 2.25. The Morgan fingerprint density at radius 3 is 2.95 bits per heavy atom. The van der Waals surface area contributed by atoms with Crippen LogP contribution in [-0.2, 0) is 4.74 Å². The molecule has 5 heteroatoms. The van der Waals surface area contributed by atoms with Crippen molar-refractivity contribution in [3.8, 4) is 0 Å². The molecule has 4 nitrogen and oxygen atoms in total. The molecule has 2 rings (SSSR count). The van der Waals surface area contributed by atoms with Crippen molar-refractivity contribution in [3.05, 3.63) is 41.2 Å². The molecule has 2 aromatic rings. The molecule has 0 radical (unpaired) electrons. The second kappa shape index (κ2) is 7.96. The van der Waals surface area contributed by atoms with E-state index in [1.807, 2.05) is 24.3 Å². The summed E-state index contributed by atoms with van der Waals surface area (Å²) in [5, 5.41) is 4.94. The summed E-state index contributed by atoms with van der Waals surface area (Å²) < 4.78 is 5.36. The molecule has 0 fully saturated rings. The molecular formula is C16H19ClN2O2. The fourth-order valence-electron chi connectivity index (χ4n) is 1.99. The third-order valence-electron chi connectivity index (χ3n) is 3.03. The van der Waals surface area contributed by atoms with Gasteiger partial charge in [0.2, 0.25) is 0 Å². The number of pyridine rings is 1. The van der Waals surface area contributed by atoms with E-state index in [1.54, 1.807) is 6.07 Å². The molecule has 0 aliphatic rings. The van der Waals surface area contributed by atoms with Gasteiger partial charge in [-0.25, -0.2) is 4.98 Å². The SMILES string of the molecule is CCCOCCCNC(=O)c1cc2ccccc2c(Cl)n1. The van der Waals surface area contributed by atoms with E-state index in [0.29, 0.717) is 24.0 Å². The Morgan fingerprint density at radius 2 is 2.14 bits per heavy atom. The largest absolute Gasteiger partial charge is 0.381 e. The topological polar surface area (TPSA) is 51.2 Å². The number of carbonyl (C=O) groups is 1. The van der Waals surface area contributed by atoms with Crippen molar-refractivity contribution < 1.29 is 9.53 Å². The van der Waals surface area contributed by atoms with Crippen molar-refractivity contribution in [1.29, 1.82) is 0 Å². The fraction of sp³-hybridized carbons (Fsp3) is 0.375. The minimum atomic E-state index is -0.210. The molecule has 1 heterocycles. The number of halogens is 1. The van der Waals surface area contributed by atoms with Crippen LogP contribution in [0, 0.1) is 0 Å². The molecule has 0 saturated carbocycles. The lowest BCUT2D eigenvalue weighted by atomic mass is 10.1. The molecule has 1 aromatic carbocycles. The van der Waals surface area contributed by atoms with E-state index in [2.05, 4.69) is 17.2 Å². The van der Waals surface area contributed by atoms with E-state index in [1.165, 1.54) is 0 Å². The van der Waals surface area contributed by atoms with Crippen molar-refractivity contribution in [2.75, 3.05) is 19.8 Å². The lowest BCUT2D eigenvalue weighted by molar-refractivity contribution is 0.0936. The average molecular weight is 307 g/mol. The summed E-state index contributed by atoms with van der Waals surface area (Å²) in [4.78, 5) is 16.2. The third-order valence-corrected chi connectivity index (χ3v) is 3.31. The van der Waals surface area contributed by atoms with Crippen molar-refractivity contribution in [1.82, 2.24) is 10.3 Å². The summed E-state index contributed by atoms with van der Waals surface area (Å²) in [6, 6.07) is 9.36.